The number of ether oxygens (including phenoxy) is 2. The van der Waals surface area contributed by atoms with E-state index in [0.717, 1.165) is 21.3 Å². The van der Waals surface area contributed by atoms with Gasteiger partial charge < -0.3 is 14.8 Å². The number of hydrogen-bond donors (Lipinski definition) is 1. The number of benzene rings is 1. The topological polar surface area (TPSA) is 60.5 Å². The Morgan fingerprint density at radius 2 is 2.05 bits per heavy atom. The zero-order valence-corrected chi connectivity index (χ0v) is 12.4. The number of carbonyl (C=O) groups excluding carboxylic acids is 1. The minimum atomic E-state index is -0.0935. The fraction of sp³-hybridized carbons (Fsp3) is 0.286. The average Bonchev–Trinajstić information content (AvgIpc) is 2.78. The Morgan fingerprint density at radius 3 is 2.60 bits per heavy atom. The first-order valence-electron chi connectivity index (χ1n) is 6.09. The van der Waals surface area contributed by atoms with Crippen molar-refractivity contribution in [1.29, 1.82) is 0 Å². The molecule has 0 bridgehead atoms. The van der Waals surface area contributed by atoms with E-state index < -0.39 is 0 Å². The maximum atomic E-state index is 10.9. The van der Waals surface area contributed by atoms with E-state index in [2.05, 4.69) is 10.3 Å². The molecule has 1 heterocycles. The number of hydrogen-bond acceptors (Lipinski definition) is 5. The van der Waals surface area contributed by atoms with Crippen LogP contribution in [0.25, 0.3) is 0 Å². The Balaban J connectivity index is 1.94. The summed E-state index contributed by atoms with van der Waals surface area (Å²) in [6.45, 7) is 3.83. The molecular weight excluding hydrogens is 276 g/mol. The van der Waals surface area contributed by atoms with Gasteiger partial charge in [-0.15, -0.1) is 11.3 Å². The number of aromatic nitrogens is 1. The lowest BCUT2D eigenvalue weighted by molar-refractivity contribution is -0.114. The summed E-state index contributed by atoms with van der Waals surface area (Å²) in [4.78, 5) is 16.3. The van der Waals surface area contributed by atoms with Crippen LogP contribution in [-0.2, 0) is 11.4 Å². The monoisotopic (exact) mass is 292 g/mol. The lowest BCUT2D eigenvalue weighted by Crippen LogP contribution is -2.05. The van der Waals surface area contributed by atoms with Gasteiger partial charge in [0.1, 0.15) is 17.4 Å². The summed E-state index contributed by atoms with van der Waals surface area (Å²) < 4.78 is 10.8. The summed E-state index contributed by atoms with van der Waals surface area (Å²) in [7, 11) is 1.60. The molecule has 0 aliphatic carbocycles. The predicted molar refractivity (Wildman–Crippen MR) is 78.5 cm³/mol. The minimum absolute atomic E-state index is 0.0935. The van der Waals surface area contributed by atoms with Crippen molar-refractivity contribution in [1.82, 2.24) is 4.98 Å². The number of amides is 1. The number of carbonyl (C=O) groups is 1. The first kappa shape index (κ1) is 14.3. The molecule has 6 heteroatoms. The quantitative estimate of drug-likeness (QED) is 0.920. The van der Waals surface area contributed by atoms with E-state index in [9.17, 15) is 4.79 Å². The predicted octanol–water partition coefficient (Wildman–Crippen LogP) is 3.00. The molecule has 0 spiro atoms. The molecule has 1 aromatic carbocycles. The van der Waals surface area contributed by atoms with Gasteiger partial charge in [0.2, 0.25) is 11.8 Å². The van der Waals surface area contributed by atoms with Crippen LogP contribution in [0.15, 0.2) is 24.3 Å². The molecule has 0 aliphatic rings. The van der Waals surface area contributed by atoms with Crippen molar-refractivity contribution < 1.29 is 14.3 Å². The van der Waals surface area contributed by atoms with Crippen molar-refractivity contribution in [2.75, 3.05) is 12.4 Å². The fourth-order valence-corrected chi connectivity index (χ4v) is 2.49. The SMILES string of the molecule is COc1nc(COc2ccc(NC(C)=O)cc2)sc1C. The van der Waals surface area contributed by atoms with Gasteiger partial charge in [0.05, 0.1) is 12.0 Å². The molecule has 0 atom stereocenters. The summed E-state index contributed by atoms with van der Waals surface area (Å²) in [5.74, 6) is 1.28. The molecule has 5 nitrogen and oxygen atoms in total. The second kappa shape index (κ2) is 6.38. The van der Waals surface area contributed by atoms with Gasteiger partial charge in [0, 0.05) is 12.6 Å². The Morgan fingerprint density at radius 1 is 1.35 bits per heavy atom. The third-order valence-corrected chi connectivity index (χ3v) is 3.45. The van der Waals surface area contributed by atoms with Gasteiger partial charge in [-0.25, -0.2) is 4.98 Å². The molecule has 0 saturated carbocycles. The number of methoxy groups -OCH3 is 1. The summed E-state index contributed by atoms with van der Waals surface area (Å²) in [6.07, 6.45) is 0. The van der Waals surface area contributed by atoms with E-state index in [4.69, 9.17) is 9.47 Å². The normalized spacial score (nSPS) is 10.2. The zero-order valence-electron chi connectivity index (χ0n) is 11.6. The second-order valence-corrected chi connectivity index (χ2v) is 5.46. The van der Waals surface area contributed by atoms with Crippen LogP contribution in [0, 0.1) is 6.92 Å². The van der Waals surface area contributed by atoms with Crippen LogP contribution in [0.2, 0.25) is 0 Å². The van der Waals surface area contributed by atoms with Gasteiger partial charge in [-0.05, 0) is 31.2 Å². The first-order valence-corrected chi connectivity index (χ1v) is 6.91. The largest absolute Gasteiger partial charge is 0.486 e. The molecule has 20 heavy (non-hydrogen) atoms. The summed E-state index contributed by atoms with van der Waals surface area (Å²) >= 11 is 1.55. The zero-order chi connectivity index (χ0) is 14.5. The van der Waals surface area contributed by atoms with Crippen molar-refractivity contribution in [3.8, 4) is 11.6 Å². The highest BCUT2D eigenvalue weighted by Gasteiger charge is 2.08. The molecule has 0 saturated heterocycles. The molecule has 0 unspecified atom stereocenters. The molecular formula is C14H16N2O3S. The van der Waals surface area contributed by atoms with Crippen molar-refractivity contribution >= 4 is 22.9 Å². The van der Waals surface area contributed by atoms with Gasteiger partial charge in [-0.2, -0.15) is 0 Å². The summed E-state index contributed by atoms with van der Waals surface area (Å²) in [6, 6.07) is 7.21. The highest BCUT2D eigenvalue weighted by Crippen LogP contribution is 2.25. The van der Waals surface area contributed by atoms with Crippen LogP contribution in [0.1, 0.15) is 16.8 Å². The lowest BCUT2D eigenvalue weighted by atomic mass is 10.3. The van der Waals surface area contributed by atoms with Gasteiger partial charge in [0.25, 0.3) is 0 Å². The van der Waals surface area contributed by atoms with E-state index in [-0.39, 0.29) is 5.91 Å². The van der Waals surface area contributed by atoms with Crippen LogP contribution in [0.3, 0.4) is 0 Å². The van der Waals surface area contributed by atoms with Crippen molar-refractivity contribution in [2.45, 2.75) is 20.5 Å². The van der Waals surface area contributed by atoms with Crippen molar-refractivity contribution in [2.24, 2.45) is 0 Å². The molecule has 0 aliphatic heterocycles. The van der Waals surface area contributed by atoms with Crippen LogP contribution >= 0.6 is 11.3 Å². The number of aryl methyl sites for hydroxylation is 1. The number of anilines is 1. The van der Waals surface area contributed by atoms with Gasteiger partial charge >= 0.3 is 0 Å². The Bertz CT molecular complexity index is 593. The van der Waals surface area contributed by atoms with Crippen molar-refractivity contribution in [3.63, 3.8) is 0 Å². The second-order valence-electron chi connectivity index (χ2n) is 4.17. The third kappa shape index (κ3) is 3.71. The highest BCUT2D eigenvalue weighted by atomic mass is 32.1. The third-order valence-electron chi connectivity index (χ3n) is 2.53. The summed E-state index contributed by atoms with van der Waals surface area (Å²) in [5.41, 5.74) is 0.747. The van der Waals surface area contributed by atoms with E-state index >= 15 is 0 Å². The van der Waals surface area contributed by atoms with Crippen molar-refractivity contribution in [3.05, 3.63) is 34.2 Å². The molecule has 2 rings (SSSR count). The summed E-state index contributed by atoms with van der Waals surface area (Å²) in [5, 5.41) is 3.57. The lowest BCUT2D eigenvalue weighted by Gasteiger charge is -2.06. The van der Waals surface area contributed by atoms with Gasteiger partial charge in [0.15, 0.2) is 0 Å². The Labute approximate surface area is 121 Å². The smallest absolute Gasteiger partial charge is 0.227 e. The molecule has 0 radical (unpaired) electrons. The standard InChI is InChI=1S/C14H16N2O3S/c1-9-14(18-3)16-13(20-9)8-19-12-6-4-11(5-7-12)15-10(2)17/h4-7H,8H2,1-3H3,(H,15,17). The Kier molecular flexibility index (Phi) is 4.57. The number of nitrogens with one attached hydrogen (secondary N) is 1. The molecule has 106 valence electrons. The number of thiazole rings is 1. The first-order chi connectivity index (χ1) is 9.58. The van der Waals surface area contributed by atoms with E-state index in [1.807, 2.05) is 19.1 Å². The van der Waals surface area contributed by atoms with E-state index in [0.29, 0.717) is 12.5 Å². The molecule has 0 fully saturated rings. The number of nitrogens with zero attached hydrogens (tertiary/aromatic N) is 1. The molecule has 1 amide bonds. The molecule has 1 aromatic heterocycles. The van der Waals surface area contributed by atoms with Crippen LogP contribution in [-0.4, -0.2) is 18.0 Å². The number of rotatable bonds is 5. The van der Waals surface area contributed by atoms with E-state index in [1.165, 1.54) is 6.92 Å². The van der Waals surface area contributed by atoms with E-state index in [1.54, 1.807) is 30.6 Å². The maximum Gasteiger partial charge on any atom is 0.227 e. The van der Waals surface area contributed by atoms with Crippen LogP contribution in [0.5, 0.6) is 11.6 Å². The van der Waals surface area contributed by atoms with Gasteiger partial charge in [-0.3, -0.25) is 4.79 Å². The minimum Gasteiger partial charge on any atom is -0.486 e. The highest BCUT2D eigenvalue weighted by molar-refractivity contribution is 7.11. The fourth-order valence-electron chi connectivity index (χ4n) is 1.67. The molecule has 2 aromatic rings. The average molecular weight is 292 g/mol. The van der Waals surface area contributed by atoms with Crippen LogP contribution < -0.4 is 14.8 Å². The Hall–Kier alpha value is -2.08. The molecule has 1 N–H and O–H groups in total. The van der Waals surface area contributed by atoms with Gasteiger partial charge in [-0.1, -0.05) is 0 Å². The maximum absolute atomic E-state index is 10.9. The van der Waals surface area contributed by atoms with Crippen LogP contribution in [0.4, 0.5) is 5.69 Å².